The van der Waals surface area contributed by atoms with E-state index in [1.807, 2.05) is 20.8 Å². The zero-order valence-electron chi connectivity index (χ0n) is 17.1. The van der Waals surface area contributed by atoms with E-state index in [2.05, 4.69) is 11.6 Å². The van der Waals surface area contributed by atoms with Gasteiger partial charge in [-0.05, 0) is 64.2 Å². The lowest BCUT2D eigenvalue weighted by molar-refractivity contribution is -0.0129. The van der Waals surface area contributed by atoms with E-state index in [1.54, 1.807) is 4.90 Å². The van der Waals surface area contributed by atoms with Crippen LogP contribution in [0, 0.1) is 17.8 Å². The Labute approximate surface area is 163 Å². The SMILES string of the molecule is CC(C)OC(=O)N1[C@H](C)C[C@H](NS(C)(=O)=O)[C@@H]1CO[C@H]1CC[C@H]2[C@@H](C)[C@H]2C1. The van der Waals surface area contributed by atoms with Gasteiger partial charge in [0.05, 0.1) is 31.1 Å². The van der Waals surface area contributed by atoms with Crippen LogP contribution in [0.4, 0.5) is 4.79 Å². The molecule has 1 aliphatic heterocycles. The lowest BCUT2D eigenvalue weighted by Crippen LogP contribution is -2.50. The summed E-state index contributed by atoms with van der Waals surface area (Å²) in [6, 6.07) is -0.815. The van der Waals surface area contributed by atoms with Gasteiger partial charge in [-0.2, -0.15) is 0 Å². The van der Waals surface area contributed by atoms with E-state index < -0.39 is 16.1 Å². The molecule has 1 saturated heterocycles. The van der Waals surface area contributed by atoms with Crippen LogP contribution >= 0.6 is 0 Å². The molecule has 2 aliphatic carbocycles. The summed E-state index contributed by atoms with van der Waals surface area (Å²) in [5.41, 5.74) is 0. The van der Waals surface area contributed by atoms with Gasteiger partial charge in [-0.15, -0.1) is 0 Å². The van der Waals surface area contributed by atoms with Crippen molar-refractivity contribution in [1.82, 2.24) is 9.62 Å². The molecule has 0 radical (unpaired) electrons. The summed E-state index contributed by atoms with van der Waals surface area (Å²) in [5.74, 6) is 2.45. The third kappa shape index (κ3) is 4.95. The van der Waals surface area contributed by atoms with E-state index in [9.17, 15) is 13.2 Å². The van der Waals surface area contributed by atoms with Gasteiger partial charge in [0, 0.05) is 12.1 Å². The third-order valence-corrected chi connectivity index (χ3v) is 7.15. The third-order valence-electron chi connectivity index (χ3n) is 6.42. The zero-order valence-corrected chi connectivity index (χ0v) is 17.9. The van der Waals surface area contributed by atoms with Gasteiger partial charge < -0.3 is 9.47 Å². The summed E-state index contributed by atoms with van der Waals surface area (Å²) < 4.78 is 37.9. The van der Waals surface area contributed by atoms with Crippen LogP contribution in [0.15, 0.2) is 0 Å². The highest BCUT2D eigenvalue weighted by Gasteiger charge is 2.50. The van der Waals surface area contributed by atoms with E-state index in [1.165, 1.54) is 6.42 Å². The monoisotopic (exact) mass is 402 g/mol. The van der Waals surface area contributed by atoms with Crippen molar-refractivity contribution in [1.29, 1.82) is 0 Å². The highest BCUT2D eigenvalue weighted by molar-refractivity contribution is 7.88. The minimum Gasteiger partial charge on any atom is -0.447 e. The molecular formula is C19H34N2O5S. The van der Waals surface area contributed by atoms with Gasteiger partial charge in [-0.3, -0.25) is 4.90 Å². The van der Waals surface area contributed by atoms with Crippen LogP contribution in [0.25, 0.3) is 0 Å². The van der Waals surface area contributed by atoms with Crippen molar-refractivity contribution in [3.8, 4) is 0 Å². The van der Waals surface area contributed by atoms with Gasteiger partial charge in [0.15, 0.2) is 0 Å². The van der Waals surface area contributed by atoms with Crippen LogP contribution in [0.3, 0.4) is 0 Å². The normalized spacial score (nSPS) is 38.7. The molecule has 0 aromatic heterocycles. The van der Waals surface area contributed by atoms with Crippen molar-refractivity contribution in [2.45, 2.75) is 83.7 Å². The summed E-state index contributed by atoms with van der Waals surface area (Å²) in [6.45, 7) is 8.19. The molecule has 27 heavy (non-hydrogen) atoms. The van der Waals surface area contributed by atoms with Gasteiger partial charge in [-0.1, -0.05) is 6.92 Å². The lowest BCUT2D eigenvalue weighted by atomic mass is 9.98. The molecule has 0 aromatic rings. The van der Waals surface area contributed by atoms with Crippen LogP contribution in [-0.2, 0) is 19.5 Å². The minimum absolute atomic E-state index is 0.108. The molecule has 7 atom stereocenters. The molecule has 1 N–H and O–H groups in total. The second-order valence-electron chi connectivity index (χ2n) is 8.94. The quantitative estimate of drug-likeness (QED) is 0.737. The molecule has 1 amide bonds. The molecule has 7 nitrogen and oxygen atoms in total. The molecule has 0 aromatic carbocycles. The number of fused-ring (bicyclic) bond motifs is 1. The highest BCUT2D eigenvalue weighted by Crippen LogP contribution is 2.55. The van der Waals surface area contributed by atoms with Crippen molar-refractivity contribution < 1.29 is 22.7 Å². The van der Waals surface area contributed by atoms with Crippen molar-refractivity contribution in [2.75, 3.05) is 12.9 Å². The lowest BCUT2D eigenvalue weighted by Gasteiger charge is -2.32. The maximum absolute atomic E-state index is 12.6. The van der Waals surface area contributed by atoms with Gasteiger partial charge in [0.2, 0.25) is 10.0 Å². The Balaban J connectivity index is 1.67. The summed E-state index contributed by atoms with van der Waals surface area (Å²) in [7, 11) is -3.37. The fourth-order valence-electron chi connectivity index (χ4n) is 5.02. The predicted molar refractivity (Wildman–Crippen MR) is 103 cm³/mol. The molecule has 156 valence electrons. The van der Waals surface area contributed by atoms with Crippen LogP contribution in [0.2, 0.25) is 0 Å². The van der Waals surface area contributed by atoms with Crippen LogP contribution in [-0.4, -0.2) is 62.6 Å². The number of sulfonamides is 1. The molecule has 0 unspecified atom stereocenters. The Kier molecular flexibility index (Phi) is 6.08. The Morgan fingerprint density at radius 2 is 1.89 bits per heavy atom. The maximum Gasteiger partial charge on any atom is 0.410 e. The largest absolute Gasteiger partial charge is 0.447 e. The number of hydrogen-bond acceptors (Lipinski definition) is 5. The number of likely N-dealkylation sites (tertiary alicyclic amines) is 1. The topological polar surface area (TPSA) is 84.9 Å². The van der Waals surface area contributed by atoms with Crippen molar-refractivity contribution in [3.63, 3.8) is 0 Å². The fraction of sp³-hybridized carbons (Fsp3) is 0.947. The second kappa shape index (κ2) is 7.87. The average Bonchev–Trinajstić information content (AvgIpc) is 3.06. The fourth-order valence-corrected chi connectivity index (χ4v) is 5.83. The number of nitrogens with zero attached hydrogens (tertiary/aromatic N) is 1. The number of ether oxygens (including phenoxy) is 2. The van der Waals surface area contributed by atoms with Gasteiger partial charge >= 0.3 is 6.09 Å². The first-order chi connectivity index (χ1) is 12.6. The number of carbonyl (C=O) groups is 1. The molecule has 1 heterocycles. The van der Waals surface area contributed by atoms with Crippen LogP contribution < -0.4 is 4.72 Å². The van der Waals surface area contributed by atoms with E-state index in [-0.39, 0.29) is 30.3 Å². The minimum atomic E-state index is -3.37. The van der Waals surface area contributed by atoms with Crippen molar-refractivity contribution >= 4 is 16.1 Å². The van der Waals surface area contributed by atoms with Crippen molar-refractivity contribution in [3.05, 3.63) is 0 Å². The number of rotatable bonds is 6. The molecule has 0 bridgehead atoms. The Morgan fingerprint density at radius 1 is 1.19 bits per heavy atom. The molecule has 3 fully saturated rings. The summed E-state index contributed by atoms with van der Waals surface area (Å²) in [6.07, 6.45) is 4.63. The smallest absolute Gasteiger partial charge is 0.410 e. The maximum atomic E-state index is 12.6. The standard InChI is InChI=1S/C19H34N2O5S/c1-11(2)26-19(22)21-12(3)8-17(20-27(5,23)24)18(21)10-25-14-6-7-15-13(4)16(15)9-14/h11-18,20H,6-10H2,1-5H3/t12-,13-,14+,15+,16-,17+,18+/m1/s1. The van der Waals surface area contributed by atoms with E-state index in [4.69, 9.17) is 9.47 Å². The average molecular weight is 403 g/mol. The Bertz CT molecular complexity index is 652. The summed E-state index contributed by atoms with van der Waals surface area (Å²) in [5, 5.41) is 0. The molecule has 0 spiro atoms. The molecule has 2 saturated carbocycles. The van der Waals surface area contributed by atoms with Gasteiger partial charge in [0.25, 0.3) is 0 Å². The van der Waals surface area contributed by atoms with Crippen LogP contribution in [0.5, 0.6) is 0 Å². The van der Waals surface area contributed by atoms with Gasteiger partial charge in [0.1, 0.15) is 0 Å². The molecule has 3 aliphatic rings. The summed E-state index contributed by atoms with van der Waals surface area (Å²) in [4.78, 5) is 14.3. The first kappa shape index (κ1) is 20.9. The van der Waals surface area contributed by atoms with E-state index in [0.717, 1.165) is 36.9 Å². The number of carbonyl (C=O) groups excluding carboxylic acids is 1. The van der Waals surface area contributed by atoms with E-state index in [0.29, 0.717) is 13.0 Å². The summed E-state index contributed by atoms with van der Waals surface area (Å²) >= 11 is 0. The van der Waals surface area contributed by atoms with Crippen molar-refractivity contribution in [2.24, 2.45) is 17.8 Å². The highest BCUT2D eigenvalue weighted by atomic mass is 32.2. The Hall–Kier alpha value is -0.860. The van der Waals surface area contributed by atoms with Crippen LogP contribution in [0.1, 0.15) is 53.4 Å². The molecule has 3 rings (SSSR count). The number of nitrogens with one attached hydrogen (secondary N) is 1. The second-order valence-corrected chi connectivity index (χ2v) is 10.7. The predicted octanol–water partition coefficient (Wildman–Crippen LogP) is 2.36. The molecule has 8 heteroatoms. The van der Waals surface area contributed by atoms with E-state index >= 15 is 0 Å². The molecular weight excluding hydrogens is 368 g/mol. The zero-order chi connectivity index (χ0) is 19.9. The number of amides is 1. The number of hydrogen-bond donors (Lipinski definition) is 1. The first-order valence-electron chi connectivity index (χ1n) is 10.1. The van der Waals surface area contributed by atoms with Gasteiger partial charge in [-0.25, -0.2) is 17.9 Å². The Morgan fingerprint density at radius 3 is 2.48 bits per heavy atom. The first-order valence-corrected chi connectivity index (χ1v) is 12.0.